The summed E-state index contributed by atoms with van der Waals surface area (Å²) < 4.78 is 7.79. The van der Waals surface area contributed by atoms with Crippen LogP contribution < -0.4 is 10.1 Å². The molecule has 7 heteroatoms. The standard InChI is InChI=1S/C26H26N4O2S/c31-26(27-12-15-32-22-9-5-2-6-10-22)23-18-30-14-13-29(17-20-11-16-33-19-20)24(25(30)28-23)21-7-3-1-4-8-21/h1-11,16,18-19,24H,12-15,17H2,(H,27,31). The molecule has 168 valence electrons. The molecular weight excluding hydrogens is 432 g/mol. The van der Waals surface area contributed by atoms with Crippen molar-refractivity contribution in [1.82, 2.24) is 19.8 Å². The number of para-hydroxylation sites is 1. The van der Waals surface area contributed by atoms with Crippen molar-refractivity contribution in [2.75, 3.05) is 19.7 Å². The average Bonchev–Trinajstić information content (AvgIpc) is 3.53. The zero-order valence-corrected chi connectivity index (χ0v) is 19.1. The Hall–Kier alpha value is -3.42. The first-order valence-corrected chi connectivity index (χ1v) is 12.1. The predicted molar refractivity (Wildman–Crippen MR) is 130 cm³/mol. The number of hydrogen-bond acceptors (Lipinski definition) is 5. The molecule has 1 N–H and O–H groups in total. The molecule has 0 spiro atoms. The van der Waals surface area contributed by atoms with Crippen LogP contribution in [0.3, 0.4) is 0 Å². The summed E-state index contributed by atoms with van der Waals surface area (Å²) >= 11 is 1.72. The van der Waals surface area contributed by atoms with Gasteiger partial charge in [0.25, 0.3) is 5.91 Å². The minimum absolute atomic E-state index is 0.00261. The third kappa shape index (κ3) is 4.99. The number of amides is 1. The third-order valence-electron chi connectivity index (χ3n) is 5.76. The first kappa shape index (κ1) is 21.4. The Morgan fingerprint density at radius 1 is 1.06 bits per heavy atom. The highest BCUT2D eigenvalue weighted by atomic mass is 32.1. The molecule has 6 nitrogen and oxygen atoms in total. The second-order valence-corrected chi connectivity index (χ2v) is 8.79. The van der Waals surface area contributed by atoms with Crippen LogP contribution >= 0.6 is 11.3 Å². The first-order valence-electron chi connectivity index (χ1n) is 11.1. The van der Waals surface area contributed by atoms with Gasteiger partial charge in [0.05, 0.1) is 12.6 Å². The van der Waals surface area contributed by atoms with Crippen molar-refractivity contribution in [3.8, 4) is 5.75 Å². The number of aromatic nitrogens is 2. The second kappa shape index (κ2) is 10.0. The van der Waals surface area contributed by atoms with Gasteiger partial charge in [-0.15, -0.1) is 0 Å². The van der Waals surface area contributed by atoms with Crippen molar-refractivity contribution < 1.29 is 9.53 Å². The maximum atomic E-state index is 12.8. The summed E-state index contributed by atoms with van der Waals surface area (Å²) in [6, 6.07) is 22.2. The van der Waals surface area contributed by atoms with Crippen molar-refractivity contribution in [2.24, 2.45) is 0 Å². The molecular formula is C26H26N4O2S. The zero-order chi connectivity index (χ0) is 22.5. The minimum Gasteiger partial charge on any atom is -0.492 e. The fourth-order valence-corrected chi connectivity index (χ4v) is 4.85. The molecule has 4 aromatic rings. The third-order valence-corrected chi connectivity index (χ3v) is 6.49. The van der Waals surface area contributed by atoms with Crippen molar-refractivity contribution >= 4 is 17.2 Å². The number of hydrogen-bond donors (Lipinski definition) is 1. The molecule has 1 aliphatic heterocycles. The molecule has 0 saturated heterocycles. The maximum Gasteiger partial charge on any atom is 0.271 e. The molecule has 2 aromatic heterocycles. The van der Waals surface area contributed by atoms with Crippen LogP contribution in [0.25, 0.3) is 0 Å². The fraction of sp³-hybridized carbons (Fsp3) is 0.231. The summed E-state index contributed by atoms with van der Waals surface area (Å²) in [5, 5.41) is 7.24. The van der Waals surface area contributed by atoms with Gasteiger partial charge in [-0.25, -0.2) is 4.98 Å². The Morgan fingerprint density at radius 3 is 2.61 bits per heavy atom. The Morgan fingerprint density at radius 2 is 1.85 bits per heavy atom. The zero-order valence-electron chi connectivity index (χ0n) is 18.3. The molecule has 0 bridgehead atoms. The van der Waals surface area contributed by atoms with E-state index >= 15 is 0 Å². The van der Waals surface area contributed by atoms with E-state index in [1.807, 2.05) is 42.6 Å². The van der Waals surface area contributed by atoms with E-state index in [0.29, 0.717) is 18.8 Å². The fourth-order valence-electron chi connectivity index (χ4n) is 4.19. The van der Waals surface area contributed by atoms with E-state index in [1.54, 1.807) is 11.3 Å². The molecule has 5 rings (SSSR count). The quantitative estimate of drug-likeness (QED) is 0.399. The van der Waals surface area contributed by atoms with Crippen LogP contribution in [0.1, 0.15) is 33.5 Å². The highest BCUT2D eigenvalue weighted by molar-refractivity contribution is 7.07. The summed E-state index contributed by atoms with van der Waals surface area (Å²) in [7, 11) is 0. The molecule has 0 fully saturated rings. The van der Waals surface area contributed by atoms with Crippen LogP contribution in [0.15, 0.2) is 83.7 Å². The van der Waals surface area contributed by atoms with Crippen LogP contribution in [0.5, 0.6) is 5.75 Å². The monoisotopic (exact) mass is 458 g/mol. The van der Waals surface area contributed by atoms with Crippen molar-refractivity contribution in [2.45, 2.75) is 19.1 Å². The van der Waals surface area contributed by atoms with E-state index in [2.05, 4.69) is 55.9 Å². The van der Waals surface area contributed by atoms with Crippen LogP contribution in [-0.2, 0) is 13.1 Å². The first-order chi connectivity index (χ1) is 16.3. The van der Waals surface area contributed by atoms with Gasteiger partial charge in [-0.1, -0.05) is 48.5 Å². The second-order valence-electron chi connectivity index (χ2n) is 8.01. The largest absolute Gasteiger partial charge is 0.492 e. The number of ether oxygens (including phenoxy) is 1. The molecule has 1 amide bonds. The molecule has 1 aliphatic rings. The molecule has 0 saturated carbocycles. The Kier molecular flexibility index (Phi) is 6.51. The summed E-state index contributed by atoms with van der Waals surface area (Å²) in [6.45, 7) is 3.38. The van der Waals surface area contributed by atoms with Gasteiger partial charge in [0.2, 0.25) is 0 Å². The number of fused-ring (bicyclic) bond motifs is 1. The molecule has 1 atom stereocenters. The summed E-state index contributed by atoms with van der Waals surface area (Å²) in [4.78, 5) is 20.0. The van der Waals surface area contributed by atoms with Gasteiger partial charge in [-0.2, -0.15) is 11.3 Å². The van der Waals surface area contributed by atoms with E-state index in [0.717, 1.165) is 31.2 Å². The van der Waals surface area contributed by atoms with Crippen LogP contribution in [-0.4, -0.2) is 40.1 Å². The number of nitrogens with zero attached hydrogens (tertiary/aromatic N) is 3. The Bertz CT molecular complexity index is 1180. The SMILES string of the molecule is O=C(NCCOc1ccccc1)c1cn2c(n1)C(c1ccccc1)N(Cc1ccsc1)CC2. The number of thiophene rings is 1. The minimum atomic E-state index is -0.176. The van der Waals surface area contributed by atoms with E-state index < -0.39 is 0 Å². The Labute approximate surface area is 197 Å². The van der Waals surface area contributed by atoms with Gasteiger partial charge in [0.15, 0.2) is 0 Å². The number of nitrogens with one attached hydrogen (secondary N) is 1. The maximum absolute atomic E-state index is 12.8. The lowest BCUT2D eigenvalue weighted by Crippen LogP contribution is -2.38. The number of imidazole rings is 1. The highest BCUT2D eigenvalue weighted by Gasteiger charge is 2.32. The van der Waals surface area contributed by atoms with Crippen LogP contribution in [0, 0.1) is 0 Å². The van der Waals surface area contributed by atoms with Gasteiger partial charge in [0, 0.05) is 25.8 Å². The lowest BCUT2D eigenvalue weighted by molar-refractivity contribution is 0.0942. The van der Waals surface area contributed by atoms with Gasteiger partial charge in [-0.05, 0) is 40.1 Å². The number of carbonyl (C=O) groups is 1. The van der Waals surface area contributed by atoms with Crippen molar-refractivity contribution in [3.05, 3.63) is 106 Å². The van der Waals surface area contributed by atoms with Gasteiger partial charge in [0.1, 0.15) is 23.9 Å². The molecule has 0 aliphatic carbocycles. The van der Waals surface area contributed by atoms with E-state index in [-0.39, 0.29) is 11.9 Å². The Balaban J connectivity index is 1.30. The van der Waals surface area contributed by atoms with E-state index in [1.165, 1.54) is 11.1 Å². The van der Waals surface area contributed by atoms with Gasteiger partial charge >= 0.3 is 0 Å². The number of carbonyl (C=O) groups excluding carboxylic acids is 1. The van der Waals surface area contributed by atoms with E-state index in [4.69, 9.17) is 9.72 Å². The number of rotatable bonds is 8. The lowest BCUT2D eigenvalue weighted by atomic mass is 10.0. The molecule has 33 heavy (non-hydrogen) atoms. The predicted octanol–water partition coefficient (Wildman–Crippen LogP) is 4.36. The van der Waals surface area contributed by atoms with Gasteiger partial charge < -0.3 is 14.6 Å². The van der Waals surface area contributed by atoms with Crippen LogP contribution in [0.2, 0.25) is 0 Å². The smallest absolute Gasteiger partial charge is 0.271 e. The lowest BCUT2D eigenvalue weighted by Gasteiger charge is -2.36. The van der Waals surface area contributed by atoms with Crippen molar-refractivity contribution in [1.29, 1.82) is 0 Å². The van der Waals surface area contributed by atoms with Crippen molar-refractivity contribution in [3.63, 3.8) is 0 Å². The molecule has 1 unspecified atom stereocenters. The molecule has 2 aromatic carbocycles. The summed E-state index contributed by atoms with van der Waals surface area (Å²) in [5.74, 6) is 1.53. The average molecular weight is 459 g/mol. The normalized spacial score (nSPS) is 15.7. The van der Waals surface area contributed by atoms with E-state index in [9.17, 15) is 4.79 Å². The van der Waals surface area contributed by atoms with Gasteiger partial charge in [-0.3, -0.25) is 9.69 Å². The summed E-state index contributed by atoms with van der Waals surface area (Å²) in [6.07, 6.45) is 1.88. The molecule has 0 radical (unpaired) electrons. The summed E-state index contributed by atoms with van der Waals surface area (Å²) in [5.41, 5.74) is 2.93. The van der Waals surface area contributed by atoms with Crippen LogP contribution in [0.4, 0.5) is 0 Å². The molecule has 3 heterocycles. The number of benzene rings is 2. The highest BCUT2D eigenvalue weighted by Crippen LogP contribution is 2.33. The topological polar surface area (TPSA) is 59.4 Å².